The second-order valence-corrected chi connectivity index (χ2v) is 7.40. The van der Waals surface area contributed by atoms with Crippen molar-refractivity contribution < 1.29 is 13.2 Å². The molecular formula is C13H18F3N3S2. The van der Waals surface area contributed by atoms with Crippen molar-refractivity contribution in [2.24, 2.45) is 5.92 Å². The summed E-state index contributed by atoms with van der Waals surface area (Å²) in [5.41, 5.74) is 1.03. The third-order valence-corrected chi connectivity index (χ3v) is 5.97. The number of halogens is 3. The molecule has 3 rings (SSSR count). The number of nitrogens with zero attached hydrogens (tertiary/aromatic N) is 3. The van der Waals surface area contributed by atoms with Crippen LogP contribution >= 0.6 is 23.5 Å². The number of fused-ring (bicyclic) bond motifs is 2. The molecule has 0 aromatic carbocycles. The largest absolute Gasteiger partial charge is 0.389 e. The van der Waals surface area contributed by atoms with Gasteiger partial charge in [0.15, 0.2) is 0 Å². The van der Waals surface area contributed by atoms with Gasteiger partial charge in [0.05, 0.1) is 17.4 Å². The summed E-state index contributed by atoms with van der Waals surface area (Å²) in [4.78, 5) is 2.47. The van der Waals surface area contributed by atoms with E-state index in [1.54, 1.807) is 0 Å². The molecule has 0 N–H and O–H groups in total. The molecule has 118 valence electrons. The molecule has 3 nitrogen and oxygen atoms in total. The zero-order valence-corrected chi connectivity index (χ0v) is 13.2. The van der Waals surface area contributed by atoms with Crippen molar-refractivity contribution in [3.8, 4) is 0 Å². The van der Waals surface area contributed by atoms with Crippen molar-refractivity contribution in [2.75, 3.05) is 25.4 Å². The molecule has 2 saturated heterocycles. The molecule has 0 saturated carbocycles. The van der Waals surface area contributed by atoms with Crippen LogP contribution in [0.5, 0.6) is 0 Å². The Balaban J connectivity index is 1.57. The zero-order chi connectivity index (χ0) is 14.9. The van der Waals surface area contributed by atoms with Crippen LogP contribution in [0.1, 0.15) is 37.3 Å². The summed E-state index contributed by atoms with van der Waals surface area (Å²) in [5, 5.41) is 0.862. The van der Waals surface area contributed by atoms with E-state index in [1.807, 2.05) is 0 Å². The molecule has 2 aliphatic rings. The minimum atomic E-state index is -4.06. The molecule has 0 aliphatic carbocycles. The second kappa shape index (κ2) is 6.42. The lowest BCUT2D eigenvalue weighted by Crippen LogP contribution is -2.25. The molecule has 0 spiro atoms. The molecule has 0 radical (unpaired) electrons. The summed E-state index contributed by atoms with van der Waals surface area (Å²) in [5.74, 6) is 1.53. The number of alkyl halides is 3. The van der Waals surface area contributed by atoms with E-state index in [4.69, 9.17) is 0 Å². The quantitative estimate of drug-likeness (QED) is 0.604. The molecular weight excluding hydrogens is 319 g/mol. The Bertz CT molecular complexity index is 477. The number of thioether (sulfide) groups is 1. The highest BCUT2D eigenvalue weighted by Crippen LogP contribution is 2.41. The van der Waals surface area contributed by atoms with Gasteiger partial charge in [0.1, 0.15) is 5.03 Å². The van der Waals surface area contributed by atoms with Gasteiger partial charge in [0, 0.05) is 25.4 Å². The first-order valence-electron chi connectivity index (χ1n) is 7.27. The second-order valence-electron chi connectivity index (χ2n) is 5.79. The Hall–Kier alpha value is -0.340. The maximum Gasteiger partial charge on any atom is 0.389 e. The van der Waals surface area contributed by atoms with Crippen LogP contribution in [0.25, 0.3) is 0 Å². The van der Waals surface area contributed by atoms with Gasteiger partial charge in [0.2, 0.25) is 0 Å². The molecule has 8 heteroatoms. The maximum atomic E-state index is 12.2. The summed E-state index contributed by atoms with van der Waals surface area (Å²) in [6.07, 6.45) is -2.15. The first kappa shape index (κ1) is 15.6. The van der Waals surface area contributed by atoms with Crippen molar-refractivity contribution in [3.05, 3.63) is 5.69 Å². The van der Waals surface area contributed by atoms with E-state index < -0.39 is 12.6 Å². The van der Waals surface area contributed by atoms with E-state index in [9.17, 15) is 13.2 Å². The summed E-state index contributed by atoms with van der Waals surface area (Å²) >= 11 is 2.62. The van der Waals surface area contributed by atoms with Gasteiger partial charge in [-0.05, 0) is 37.5 Å². The summed E-state index contributed by atoms with van der Waals surface area (Å²) in [6.45, 7) is 3.34. The highest BCUT2D eigenvalue weighted by atomic mass is 32.2. The van der Waals surface area contributed by atoms with Crippen LogP contribution in [-0.2, 0) is 0 Å². The molecule has 2 aliphatic heterocycles. The lowest BCUT2D eigenvalue weighted by Gasteiger charge is -2.21. The smallest absolute Gasteiger partial charge is 0.302 e. The van der Waals surface area contributed by atoms with E-state index >= 15 is 0 Å². The van der Waals surface area contributed by atoms with Crippen LogP contribution in [0.4, 0.5) is 13.2 Å². The van der Waals surface area contributed by atoms with E-state index in [-0.39, 0.29) is 6.42 Å². The summed E-state index contributed by atoms with van der Waals surface area (Å²) in [7, 11) is 0. The fourth-order valence-electron chi connectivity index (χ4n) is 3.28. The molecule has 2 bridgehead atoms. The minimum Gasteiger partial charge on any atom is -0.302 e. The zero-order valence-electron chi connectivity index (χ0n) is 11.6. The van der Waals surface area contributed by atoms with E-state index in [0.29, 0.717) is 17.6 Å². The van der Waals surface area contributed by atoms with Crippen molar-refractivity contribution in [1.29, 1.82) is 0 Å². The lowest BCUT2D eigenvalue weighted by atomic mass is 9.89. The van der Waals surface area contributed by atoms with Crippen LogP contribution in [0.2, 0.25) is 0 Å². The molecule has 1 aromatic heterocycles. The third kappa shape index (κ3) is 3.90. The molecule has 3 heterocycles. The van der Waals surface area contributed by atoms with Crippen LogP contribution < -0.4 is 0 Å². The Kier molecular flexibility index (Phi) is 4.75. The van der Waals surface area contributed by atoms with E-state index in [0.717, 1.165) is 23.8 Å². The number of aromatic nitrogens is 2. The fourth-order valence-corrected chi connectivity index (χ4v) is 4.99. The van der Waals surface area contributed by atoms with Gasteiger partial charge in [-0.25, -0.2) is 0 Å². The van der Waals surface area contributed by atoms with Crippen LogP contribution in [0.3, 0.4) is 0 Å². The van der Waals surface area contributed by atoms with Gasteiger partial charge < -0.3 is 4.90 Å². The molecule has 2 fully saturated rings. The molecule has 1 unspecified atom stereocenters. The highest BCUT2D eigenvalue weighted by Gasteiger charge is 2.39. The normalized spacial score (nSPS) is 29.0. The van der Waals surface area contributed by atoms with Crippen molar-refractivity contribution >= 4 is 23.5 Å². The average molecular weight is 337 g/mol. The van der Waals surface area contributed by atoms with E-state index in [1.165, 1.54) is 42.9 Å². The van der Waals surface area contributed by atoms with Gasteiger partial charge >= 0.3 is 6.18 Å². The summed E-state index contributed by atoms with van der Waals surface area (Å²) in [6, 6.07) is 0. The van der Waals surface area contributed by atoms with Crippen LogP contribution in [-0.4, -0.2) is 45.2 Å². The predicted octanol–water partition coefficient (Wildman–Crippen LogP) is 3.78. The Morgan fingerprint density at radius 2 is 2.14 bits per heavy atom. The predicted molar refractivity (Wildman–Crippen MR) is 77.8 cm³/mol. The van der Waals surface area contributed by atoms with Crippen LogP contribution in [0, 0.1) is 5.92 Å². The Morgan fingerprint density at radius 3 is 2.90 bits per heavy atom. The molecule has 0 amide bonds. The van der Waals surface area contributed by atoms with Gasteiger partial charge in [-0.2, -0.15) is 21.9 Å². The minimum absolute atomic E-state index is 0.144. The van der Waals surface area contributed by atoms with E-state index in [2.05, 4.69) is 13.6 Å². The van der Waals surface area contributed by atoms with Crippen LogP contribution in [0.15, 0.2) is 5.03 Å². The highest BCUT2D eigenvalue weighted by molar-refractivity contribution is 7.99. The number of hydrogen-bond donors (Lipinski definition) is 0. The number of rotatable bonds is 5. The standard InChI is InChI=1S/C13H18F3N3S2/c14-13(15,16)4-2-6-20-12-11(17-21-18-12)10-8-19-5-1-3-9(10)7-19/h9-10H,1-8H2/t9-,10-/m0/s1. The molecule has 3 atom stereocenters. The third-order valence-electron chi connectivity index (χ3n) is 4.24. The Labute approximate surface area is 130 Å². The number of hydrogen-bond acceptors (Lipinski definition) is 5. The maximum absolute atomic E-state index is 12.2. The molecule has 21 heavy (non-hydrogen) atoms. The monoisotopic (exact) mass is 337 g/mol. The van der Waals surface area contributed by atoms with Crippen molar-refractivity contribution in [1.82, 2.24) is 13.6 Å². The first-order chi connectivity index (χ1) is 10.0. The van der Waals surface area contributed by atoms with Crippen molar-refractivity contribution in [3.63, 3.8) is 0 Å². The first-order valence-corrected chi connectivity index (χ1v) is 8.99. The van der Waals surface area contributed by atoms with Gasteiger partial charge in [0.25, 0.3) is 0 Å². The average Bonchev–Trinajstić information content (AvgIpc) is 2.98. The van der Waals surface area contributed by atoms with Gasteiger partial charge in [-0.1, -0.05) is 0 Å². The Morgan fingerprint density at radius 1 is 1.29 bits per heavy atom. The molecule has 1 aromatic rings. The lowest BCUT2D eigenvalue weighted by molar-refractivity contribution is -0.134. The SMILES string of the molecule is FC(F)(F)CCCSc1nsnc1[C@H]1CN2CCC[C@H]1C2. The summed E-state index contributed by atoms with van der Waals surface area (Å²) < 4.78 is 45.2. The van der Waals surface area contributed by atoms with Gasteiger partial charge in [-0.3, -0.25) is 0 Å². The van der Waals surface area contributed by atoms with Gasteiger partial charge in [-0.15, -0.1) is 11.8 Å². The number of piperidine rings is 1. The van der Waals surface area contributed by atoms with Crippen molar-refractivity contribution in [2.45, 2.75) is 42.8 Å². The topological polar surface area (TPSA) is 29.0 Å². The fraction of sp³-hybridized carbons (Fsp3) is 0.846.